The Balaban J connectivity index is 4.14. The lowest BCUT2D eigenvalue weighted by Gasteiger charge is -2.05. The second kappa shape index (κ2) is 8.45. The van der Waals surface area contributed by atoms with Crippen LogP contribution in [0.5, 0.6) is 0 Å². The van der Waals surface area contributed by atoms with Crippen LogP contribution in [0.2, 0.25) is 0 Å². The van der Waals surface area contributed by atoms with Crippen molar-refractivity contribution >= 4 is 5.97 Å². The van der Waals surface area contributed by atoms with Crippen LogP contribution in [0.15, 0.2) is 11.4 Å². The summed E-state index contributed by atoms with van der Waals surface area (Å²) >= 11 is 0. The highest BCUT2D eigenvalue weighted by atomic mass is 19.1. The molecule has 0 aromatic rings. The Morgan fingerprint density at radius 3 is 2.33 bits per heavy atom. The molecule has 0 N–H and O–H groups in total. The quantitative estimate of drug-likeness (QED) is 0.368. The summed E-state index contributed by atoms with van der Waals surface area (Å²) in [6.07, 6.45) is 4.82. The number of hydrogen-bond donors (Lipinski definition) is 0. The Kier molecular flexibility index (Phi) is 7.96. The molecule has 0 spiro atoms. The number of esters is 1. The molecule has 0 bridgehead atoms. The van der Waals surface area contributed by atoms with E-state index in [1.807, 2.05) is 0 Å². The van der Waals surface area contributed by atoms with Crippen LogP contribution in [-0.4, -0.2) is 13.1 Å². The molecular formula is C12H21FO2. The molecule has 0 radical (unpaired) electrons. The zero-order valence-corrected chi connectivity index (χ0v) is 9.94. The van der Waals surface area contributed by atoms with E-state index < -0.39 is 5.97 Å². The maximum Gasteiger partial charge on any atom is 0.336 e. The molecule has 0 aromatic carbocycles. The zero-order chi connectivity index (χ0) is 11.7. The summed E-state index contributed by atoms with van der Waals surface area (Å²) in [5.74, 6) is -0.842. The third-order valence-electron chi connectivity index (χ3n) is 2.36. The maximum atomic E-state index is 13.5. The molecule has 0 saturated heterocycles. The fourth-order valence-electron chi connectivity index (χ4n) is 1.43. The van der Waals surface area contributed by atoms with E-state index in [1.165, 1.54) is 7.11 Å². The third kappa shape index (κ3) is 5.55. The molecule has 88 valence electrons. The summed E-state index contributed by atoms with van der Waals surface area (Å²) in [6, 6.07) is 0. The number of ether oxygens (including phenoxy) is 1. The van der Waals surface area contributed by atoms with Crippen LogP contribution in [0, 0.1) is 0 Å². The summed E-state index contributed by atoms with van der Waals surface area (Å²) in [5, 5.41) is 0. The number of halogens is 1. The first-order valence-corrected chi connectivity index (χ1v) is 5.63. The third-order valence-corrected chi connectivity index (χ3v) is 2.36. The minimum absolute atomic E-state index is 0.189. The maximum absolute atomic E-state index is 13.5. The minimum Gasteiger partial charge on any atom is -0.466 e. The van der Waals surface area contributed by atoms with Crippen molar-refractivity contribution in [2.24, 2.45) is 0 Å². The van der Waals surface area contributed by atoms with Crippen molar-refractivity contribution in [2.45, 2.75) is 52.4 Å². The summed E-state index contributed by atoms with van der Waals surface area (Å²) in [4.78, 5) is 11.2. The van der Waals surface area contributed by atoms with Crippen LogP contribution < -0.4 is 0 Å². The van der Waals surface area contributed by atoms with Crippen molar-refractivity contribution in [3.05, 3.63) is 11.4 Å². The number of hydrogen-bond acceptors (Lipinski definition) is 2. The Hall–Kier alpha value is -0.860. The molecule has 0 heterocycles. The highest BCUT2D eigenvalue weighted by Gasteiger charge is 2.13. The van der Waals surface area contributed by atoms with Gasteiger partial charge in [0.15, 0.2) is 0 Å². The topological polar surface area (TPSA) is 26.3 Å². The monoisotopic (exact) mass is 216 g/mol. The Morgan fingerprint density at radius 1 is 1.20 bits per heavy atom. The van der Waals surface area contributed by atoms with Crippen LogP contribution in [0.25, 0.3) is 0 Å². The summed E-state index contributed by atoms with van der Waals surface area (Å²) in [5.41, 5.74) is 0.189. The Morgan fingerprint density at radius 2 is 1.87 bits per heavy atom. The predicted molar refractivity (Wildman–Crippen MR) is 59.2 cm³/mol. The number of allylic oxidation sites excluding steroid dienone is 1. The first kappa shape index (κ1) is 14.1. The molecule has 0 aliphatic carbocycles. The van der Waals surface area contributed by atoms with E-state index >= 15 is 0 Å². The van der Waals surface area contributed by atoms with E-state index in [0.717, 1.165) is 25.7 Å². The summed E-state index contributed by atoms with van der Waals surface area (Å²) in [6.45, 7) is 3.87. The lowest BCUT2D eigenvalue weighted by atomic mass is 10.1. The van der Waals surface area contributed by atoms with Gasteiger partial charge in [0.2, 0.25) is 0 Å². The first-order chi connectivity index (χ1) is 7.17. The normalized spacial score (nSPS) is 12.3. The van der Waals surface area contributed by atoms with E-state index in [-0.39, 0.29) is 11.4 Å². The molecule has 0 aromatic heterocycles. The largest absolute Gasteiger partial charge is 0.466 e. The molecule has 0 aliphatic heterocycles. The standard InChI is InChI=1S/C12H21FO2/c1-4-6-7-8-9-11(13)10(5-2)12(14)15-3/h4-9H2,1-3H3. The van der Waals surface area contributed by atoms with E-state index in [0.29, 0.717) is 12.8 Å². The second-order valence-corrected chi connectivity index (χ2v) is 3.54. The average molecular weight is 216 g/mol. The molecule has 0 atom stereocenters. The average Bonchev–Trinajstić information content (AvgIpc) is 2.25. The molecule has 3 heteroatoms. The number of rotatable bonds is 7. The van der Waals surface area contributed by atoms with Gasteiger partial charge < -0.3 is 4.74 Å². The fourth-order valence-corrected chi connectivity index (χ4v) is 1.43. The van der Waals surface area contributed by atoms with Gasteiger partial charge in [0.25, 0.3) is 0 Å². The fraction of sp³-hybridized carbons (Fsp3) is 0.750. The molecule has 15 heavy (non-hydrogen) atoms. The van der Waals surface area contributed by atoms with Crippen LogP contribution in [0.1, 0.15) is 52.4 Å². The summed E-state index contributed by atoms with van der Waals surface area (Å²) < 4.78 is 18.0. The molecular weight excluding hydrogens is 195 g/mol. The van der Waals surface area contributed by atoms with Gasteiger partial charge in [0.05, 0.1) is 12.7 Å². The Labute approximate surface area is 91.5 Å². The Bertz CT molecular complexity index is 222. The predicted octanol–water partition coefficient (Wildman–Crippen LogP) is 3.76. The van der Waals surface area contributed by atoms with Crippen molar-refractivity contribution in [1.82, 2.24) is 0 Å². The van der Waals surface area contributed by atoms with Gasteiger partial charge in [-0.15, -0.1) is 0 Å². The van der Waals surface area contributed by atoms with Gasteiger partial charge >= 0.3 is 5.97 Å². The smallest absolute Gasteiger partial charge is 0.336 e. The number of methoxy groups -OCH3 is 1. The van der Waals surface area contributed by atoms with Crippen molar-refractivity contribution in [3.8, 4) is 0 Å². The minimum atomic E-state index is -0.537. The second-order valence-electron chi connectivity index (χ2n) is 3.54. The van der Waals surface area contributed by atoms with Crippen LogP contribution in [0.3, 0.4) is 0 Å². The first-order valence-electron chi connectivity index (χ1n) is 5.63. The van der Waals surface area contributed by atoms with E-state index in [1.54, 1.807) is 6.92 Å². The van der Waals surface area contributed by atoms with Gasteiger partial charge in [0.1, 0.15) is 5.83 Å². The van der Waals surface area contributed by atoms with Crippen molar-refractivity contribution in [3.63, 3.8) is 0 Å². The van der Waals surface area contributed by atoms with Crippen LogP contribution >= 0.6 is 0 Å². The van der Waals surface area contributed by atoms with Crippen LogP contribution in [0.4, 0.5) is 4.39 Å². The van der Waals surface area contributed by atoms with Crippen LogP contribution in [-0.2, 0) is 9.53 Å². The van der Waals surface area contributed by atoms with E-state index in [4.69, 9.17) is 0 Å². The molecule has 0 amide bonds. The number of carbonyl (C=O) groups excluding carboxylic acids is 1. The molecule has 0 aliphatic rings. The summed E-state index contributed by atoms with van der Waals surface area (Å²) in [7, 11) is 1.28. The lowest BCUT2D eigenvalue weighted by Crippen LogP contribution is -2.06. The van der Waals surface area contributed by atoms with E-state index in [9.17, 15) is 9.18 Å². The molecule has 0 unspecified atom stereocenters. The van der Waals surface area contributed by atoms with Gasteiger partial charge in [-0.1, -0.05) is 33.1 Å². The van der Waals surface area contributed by atoms with Gasteiger partial charge in [-0.2, -0.15) is 0 Å². The molecule has 2 nitrogen and oxygen atoms in total. The van der Waals surface area contributed by atoms with Crippen molar-refractivity contribution < 1.29 is 13.9 Å². The molecule has 0 saturated carbocycles. The number of unbranched alkanes of at least 4 members (excludes halogenated alkanes) is 3. The van der Waals surface area contributed by atoms with Gasteiger partial charge in [-0.05, 0) is 19.3 Å². The van der Waals surface area contributed by atoms with Gasteiger partial charge in [-0.3, -0.25) is 0 Å². The highest BCUT2D eigenvalue weighted by molar-refractivity contribution is 5.88. The molecule has 0 rings (SSSR count). The van der Waals surface area contributed by atoms with Gasteiger partial charge in [0, 0.05) is 0 Å². The molecule has 0 fully saturated rings. The lowest BCUT2D eigenvalue weighted by molar-refractivity contribution is -0.136. The van der Waals surface area contributed by atoms with E-state index in [2.05, 4.69) is 11.7 Å². The zero-order valence-electron chi connectivity index (χ0n) is 9.94. The number of carbonyl (C=O) groups is 1. The van der Waals surface area contributed by atoms with Gasteiger partial charge in [-0.25, -0.2) is 9.18 Å². The van der Waals surface area contributed by atoms with Crippen molar-refractivity contribution in [1.29, 1.82) is 0 Å². The SMILES string of the molecule is CCCCCCC(F)=C(CC)C(=O)OC. The highest BCUT2D eigenvalue weighted by Crippen LogP contribution is 2.18. The van der Waals surface area contributed by atoms with Crippen molar-refractivity contribution in [2.75, 3.05) is 7.11 Å².